The summed E-state index contributed by atoms with van der Waals surface area (Å²) in [5.74, 6) is 0.503. The predicted octanol–water partition coefficient (Wildman–Crippen LogP) is 0.637. The standard InChI is InChI=1S/C13H20N2O/c14-9-12-3-1-2-4-13(12)15-7-5-11(10-16)6-8-15/h1-4,11,16H,5-10,14H2/p+1. The molecule has 0 atom stereocenters. The third-order valence-corrected chi connectivity index (χ3v) is 3.47. The number of para-hydroxylation sites is 1. The molecule has 0 unspecified atom stereocenters. The Morgan fingerprint density at radius 1 is 1.25 bits per heavy atom. The van der Waals surface area contributed by atoms with Crippen molar-refractivity contribution in [2.45, 2.75) is 19.4 Å². The molecule has 0 aromatic heterocycles. The lowest BCUT2D eigenvalue weighted by Crippen LogP contribution is -2.48. The molecule has 4 N–H and O–H groups in total. The minimum atomic E-state index is 0.338. The van der Waals surface area contributed by atoms with Gasteiger partial charge in [0.25, 0.3) is 0 Å². The zero-order valence-corrected chi connectivity index (χ0v) is 9.73. The third kappa shape index (κ3) is 2.36. The van der Waals surface area contributed by atoms with Gasteiger partial charge in [-0.3, -0.25) is 0 Å². The molecule has 1 aliphatic rings. The molecule has 3 nitrogen and oxygen atoms in total. The van der Waals surface area contributed by atoms with Crippen molar-refractivity contribution < 1.29 is 10.8 Å². The van der Waals surface area contributed by atoms with Gasteiger partial charge in [0, 0.05) is 30.9 Å². The summed E-state index contributed by atoms with van der Waals surface area (Å²) >= 11 is 0. The summed E-state index contributed by atoms with van der Waals surface area (Å²) < 4.78 is 0. The van der Waals surface area contributed by atoms with Gasteiger partial charge >= 0.3 is 0 Å². The van der Waals surface area contributed by atoms with Crippen LogP contribution in [-0.2, 0) is 6.54 Å². The van der Waals surface area contributed by atoms with E-state index in [2.05, 4.69) is 34.9 Å². The van der Waals surface area contributed by atoms with Crippen LogP contribution in [0.15, 0.2) is 24.3 Å². The topological polar surface area (TPSA) is 51.1 Å². The molecule has 1 fully saturated rings. The van der Waals surface area contributed by atoms with Crippen LogP contribution in [0.4, 0.5) is 5.69 Å². The summed E-state index contributed by atoms with van der Waals surface area (Å²) in [5, 5.41) is 9.12. The zero-order chi connectivity index (χ0) is 11.4. The molecule has 0 spiro atoms. The summed E-state index contributed by atoms with van der Waals surface area (Å²) in [4.78, 5) is 2.42. The van der Waals surface area contributed by atoms with Gasteiger partial charge in [0.05, 0.1) is 0 Å². The van der Waals surface area contributed by atoms with Gasteiger partial charge in [0.15, 0.2) is 0 Å². The second-order valence-corrected chi connectivity index (χ2v) is 4.49. The van der Waals surface area contributed by atoms with Crippen molar-refractivity contribution in [3.63, 3.8) is 0 Å². The number of benzene rings is 1. The Balaban J connectivity index is 2.07. The first-order chi connectivity index (χ1) is 7.85. The average Bonchev–Trinajstić information content (AvgIpc) is 2.39. The van der Waals surface area contributed by atoms with Gasteiger partial charge in [-0.1, -0.05) is 18.2 Å². The highest BCUT2D eigenvalue weighted by Crippen LogP contribution is 2.25. The lowest BCUT2D eigenvalue weighted by Gasteiger charge is -2.33. The highest BCUT2D eigenvalue weighted by molar-refractivity contribution is 5.53. The summed E-state index contributed by atoms with van der Waals surface area (Å²) in [6.45, 7) is 3.30. The number of hydrogen-bond donors (Lipinski definition) is 2. The number of rotatable bonds is 3. The molecule has 0 radical (unpaired) electrons. The van der Waals surface area contributed by atoms with Crippen LogP contribution in [0.25, 0.3) is 0 Å². The summed E-state index contributed by atoms with van der Waals surface area (Å²) in [6, 6.07) is 8.50. The molecule has 0 saturated carbocycles. The van der Waals surface area contributed by atoms with E-state index in [4.69, 9.17) is 5.11 Å². The van der Waals surface area contributed by atoms with Crippen molar-refractivity contribution in [3.8, 4) is 0 Å². The molecule has 1 heterocycles. The molecule has 2 rings (SSSR count). The van der Waals surface area contributed by atoms with E-state index >= 15 is 0 Å². The van der Waals surface area contributed by atoms with Gasteiger partial charge in [0.2, 0.25) is 0 Å². The van der Waals surface area contributed by atoms with E-state index in [9.17, 15) is 0 Å². The van der Waals surface area contributed by atoms with Crippen LogP contribution >= 0.6 is 0 Å². The van der Waals surface area contributed by atoms with Gasteiger partial charge in [-0.05, 0) is 24.8 Å². The Morgan fingerprint density at radius 3 is 2.56 bits per heavy atom. The van der Waals surface area contributed by atoms with Gasteiger partial charge in [0.1, 0.15) is 6.54 Å². The molecule has 88 valence electrons. The predicted molar refractivity (Wildman–Crippen MR) is 65.1 cm³/mol. The van der Waals surface area contributed by atoms with Gasteiger partial charge < -0.3 is 15.7 Å². The van der Waals surface area contributed by atoms with Crippen molar-refractivity contribution in [2.24, 2.45) is 5.92 Å². The molecule has 1 saturated heterocycles. The van der Waals surface area contributed by atoms with Crippen LogP contribution < -0.4 is 10.6 Å². The highest BCUT2D eigenvalue weighted by atomic mass is 16.3. The molecule has 16 heavy (non-hydrogen) atoms. The molecule has 3 heteroatoms. The molecular weight excluding hydrogens is 200 g/mol. The first kappa shape index (κ1) is 11.4. The van der Waals surface area contributed by atoms with E-state index in [1.165, 1.54) is 11.3 Å². The fourth-order valence-corrected chi connectivity index (χ4v) is 2.39. The van der Waals surface area contributed by atoms with E-state index in [0.29, 0.717) is 12.5 Å². The SMILES string of the molecule is [NH3+]Cc1ccccc1N1CCC(CO)CC1. The summed E-state index contributed by atoms with van der Waals surface area (Å²) in [7, 11) is 0. The number of aliphatic hydroxyl groups excluding tert-OH is 1. The van der Waals surface area contributed by atoms with Crippen molar-refractivity contribution in [2.75, 3.05) is 24.6 Å². The zero-order valence-electron chi connectivity index (χ0n) is 9.73. The maximum atomic E-state index is 9.12. The second kappa shape index (κ2) is 5.32. The average molecular weight is 221 g/mol. The number of quaternary nitrogens is 1. The number of aliphatic hydroxyl groups is 1. The number of hydrogen-bond acceptors (Lipinski definition) is 2. The Kier molecular flexibility index (Phi) is 3.80. The lowest BCUT2D eigenvalue weighted by atomic mass is 9.97. The molecule has 0 bridgehead atoms. The van der Waals surface area contributed by atoms with Gasteiger partial charge in [-0.2, -0.15) is 0 Å². The summed E-state index contributed by atoms with van der Waals surface area (Å²) in [5.41, 5.74) is 6.63. The number of nitrogens with zero attached hydrogens (tertiary/aromatic N) is 1. The van der Waals surface area contributed by atoms with Crippen molar-refractivity contribution >= 4 is 5.69 Å². The summed E-state index contributed by atoms with van der Waals surface area (Å²) in [6.07, 6.45) is 2.20. The monoisotopic (exact) mass is 221 g/mol. The lowest BCUT2D eigenvalue weighted by molar-refractivity contribution is -0.386. The van der Waals surface area contributed by atoms with Crippen molar-refractivity contribution in [1.29, 1.82) is 0 Å². The molecule has 0 aliphatic carbocycles. The van der Waals surface area contributed by atoms with Crippen LogP contribution in [0.3, 0.4) is 0 Å². The number of piperidine rings is 1. The first-order valence-corrected chi connectivity index (χ1v) is 6.08. The molecule has 1 aromatic rings. The quantitative estimate of drug-likeness (QED) is 0.787. The number of anilines is 1. The minimum Gasteiger partial charge on any atom is -0.396 e. The van der Waals surface area contributed by atoms with E-state index in [0.717, 1.165) is 32.5 Å². The Bertz CT molecular complexity index is 332. The highest BCUT2D eigenvalue weighted by Gasteiger charge is 2.20. The fraction of sp³-hybridized carbons (Fsp3) is 0.538. The second-order valence-electron chi connectivity index (χ2n) is 4.49. The molecule has 1 aromatic carbocycles. The van der Waals surface area contributed by atoms with Gasteiger partial charge in [-0.25, -0.2) is 0 Å². The van der Waals surface area contributed by atoms with Gasteiger partial charge in [-0.15, -0.1) is 0 Å². The van der Waals surface area contributed by atoms with Crippen LogP contribution in [0.5, 0.6) is 0 Å². The Labute approximate surface area is 96.9 Å². The molecular formula is C13H21N2O+. The first-order valence-electron chi connectivity index (χ1n) is 6.08. The van der Waals surface area contributed by atoms with E-state index in [-0.39, 0.29) is 0 Å². The Hall–Kier alpha value is -1.06. The molecule has 1 aliphatic heterocycles. The third-order valence-electron chi connectivity index (χ3n) is 3.47. The maximum absolute atomic E-state index is 9.12. The van der Waals surface area contributed by atoms with Crippen molar-refractivity contribution in [3.05, 3.63) is 29.8 Å². The molecule has 0 amide bonds. The fourth-order valence-electron chi connectivity index (χ4n) is 2.39. The van der Waals surface area contributed by atoms with Crippen LogP contribution in [-0.4, -0.2) is 24.8 Å². The van der Waals surface area contributed by atoms with E-state index in [1.807, 2.05) is 0 Å². The normalized spacial score (nSPS) is 17.8. The van der Waals surface area contributed by atoms with Crippen LogP contribution in [0, 0.1) is 5.92 Å². The van der Waals surface area contributed by atoms with Crippen LogP contribution in [0.2, 0.25) is 0 Å². The van der Waals surface area contributed by atoms with E-state index < -0.39 is 0 Å². The van der Waals surface area contributed by atoms with E-state index in [1.54, 1.807) is 0 Å². The smallest absolute Gasteiger partial charge is 0.102 e. The maximum Gasteiger partial charge on any atom is 0.102 e. The minimum absolute atomic E-state index is 0.338. The largest absolute Gasteiger partial charge is 0.396 e. The van der Waals surface area contributed by atoms with Crippen LogP contribution in [0.1, 0.15) is 18.4 Å². The van der Waals surface area contributed by atoms with Crippen molar-refractivity contribution in [1.82, 2.24) is 0 Å². The Morgan fingerprint density at radius 2 is 1.94 bits per heavy atom.